The second-order valence-electron chi connectivity index (χ2n) is 2.23. The minimum atomic E-state index is 0.435. The van der Waals surface area contributed by atoms with Crippen molar-refractivity contribution in [1.29, 1.82) is 0 Å². The van der Waals surface area contributed by atoms with Crippen molar-refractivity contribution in [2.24, 2.45) is 0 Å². The predicted molar refractivity (Wildman–Crippen MR) is 42.4 cm³/mol. The van der Waals surface area contributed by atoms with E-state index >= 15 is 0 Å². The molecule has 0 spiro atoms. The van der Waals surface area contributed by atoms with E-state index in [9.17, 15) is 0 Å². The van der Waals surface area contributed by atoms with Crippen LogP contribution in [0.15, 0.2) is 11.6 Å². The normalized spacial score (nSPS) is 13.4. The summed E-state index contributed by atoms with van der Waals surface area (Å²) < 4.78 is 4.99. The Labute approximate surface area is 64.9 Å². The van der Waals surface area contributed by atoms with Crippen LogP contribution in [0.3, 0.4) is 0 Å². The van der Waals surface area contributed by atoms with Gasteiger partial charge in [-0.25, -0.2) is 4.98 Å². The molecule has 1 heterocycles. The molecule has 1 rings (SSSR count). The maximum absolute atomic E-state index is 4.99. The summed E-state index contributed by atoms with van der Waals surface area (Å²) in [7, 11) is 1.71. The Hall–Kier alpha value is -0.410. The number of hydrogen-bond donors (Lipinski definition) is 0. The number of methoxy groups -OCH3 is 1. The third kappa shape index (κ3) is 1.78. The first-order valence-electron chi connectivity index (χ1n) is 3.23. The molecule has 1 atom stereocenters. The molecule has 0 aliphatic rings. The summed E-state index contributed by atoms with van der Waals surface area (Å²) in [5.41, 5.74) is 0. The lowest BCUT2D eigenvalue weighted by Crippen LogP contribution is -2.00. The highest BCUT2D eigenvalue weighted by atomic mass is 32.1. The van der Waals surface area contributed by atoms with Crippen LogP contribution >= 0.6 is 11.3 Å². The maximum Gasteiger partial charge on any atom is 0.0976 e. The van der Waals surface area contributed by atoms with Crippen LogP contribution in [0.4, 0.5) is 0 Å². The van der Waals surface area contributed by atoms with Gasteiger partial charge in [0.25, 0.3) is 0 Å². The van der Waals surface area contributed by atoms with Gasteiger partial charge in [0.2, 0.25) is 0 Å². The molecule has 0 N–H and O–H groups in total. The monoisotopic (exact) mass is 157 g/mol. The van der Waals surface area contributed by atoms with Gasteiger partial charge in [0.1, 0.15) is 0 Å². The van der Waals surface area contributed by atoms with Crippen molar-refractivity contribution in [2.75, 3.05) is 13.7 Å². The van der Waals surface area contributed by atoms with E-state index in [-0.39, 0.29) is 0 Å². The van der Waals surface area contributed by atoms with Gasteiger partial charge < -0.3 is 4.74 Å². The Balaban J connectivity index is 2.50. The molecular formula is C7H11NOS. The number of thiazole rings is 1. The number of rotatable bonds is 3. The molecule has 0 saturated heterocycles. The summed E-state index contributed by atoms with van der Waals surface area (Å²) in [6.07, 6.45) is 1.83. The molecule has 0 radical (unpaired) electrons. The summed E-state index contributed by atoms with van der Waals surface area (Å²) >= 11 is 1.68. The first-order valence-corrected chi connectivity index (χ1v) is 4.11. The zero-order valence-electron chi connectivity index (χ0n) is 6.20. The molecule has 1 unspecified atom stereocenters. The van der Waals surface area contributed by atoms with Gasteiger partial charge in [-0.15, -0.1) is 11.3 Å². The molecule has 0 bridgehead atoms. The van der Waals surface area contributed by atoms with Crippen LogP contribution in [0.25, 0.3) is 0 Å². The second kappa shape index (κ2) is 3.68. The van der Waals surface area contributed by atoms with Crippen LogP contribution in [0.1, 0.15) is 17.8 Å². The smallest absolute Gasteiger partial charge is 0.0976 e. The Morgan fingerprint density at radius 1 is 1.80 bits per heavy atom. The molecule has 1 aromatic rings. The molecular weight excluding hydrogens is 146 g/mol. The summed E-state index contributed by atoms with van der Waals surface area (Å²) in [4.78, 5) is 4.17. The number of nitrogens with zero attached hydrogens (tertiary/aromatic N) is 1. The fraction of sp³-hybridized carbons (Fsp3) is 0.571. The first-order chi connectivity index (χ1) is 4.84. The van der Waals surface area contributed by atoms with E-state index in [0.717, 1.165) is 11.6 Å². The number of aromatic nitrogens is 1. The Kier molecular flexibility index (Phi) is 2.83. The molecule has 0 aromatic carbocycles. The quantitative estimate of drug-likeness (QED) is 0.668. The van der Waals surface area contributed by atoms with Gasteiger partial charge in [0, 0.05) is 24.6 Å². The molecule has 0 saturated carbocycles. The fourth-order valence-electron chi connectivity index (χ4n) is 0.799. The van der Waals surface area contributed by atoms with Crippen molar-refractivity contribution < 1.29 is 4.74 Å². The Morgan fingerprint density at radius 2 is 2.60 bits per heavy atom. The highest BCUT2D eigenvalue weighted by Gasteiger charge is 2.05. The summed E-state index contributed by atoms with van der Waals surface area (Å²) in [5, 5.41) is 3.14. The van der Waals surface area contributed by atoms with E-state index < -0.39 is 0 Å². The van der Waals surface area contributed by atoms with Gasteiger partial charge in [-0.2, -0.15) is 0 Å². The van der Waals surface area contributed by atoms with Crippen molar-refractivity contribution in [3.8, 4) is 0 Å². The molecule has 1 aromatic heterocycles. The lowest BCUT2D eigenvalue weighted by atomic mass is 10.2. The van der Waals surface area contributed by atoms with Crippen molar-refractivity contribution >= 4 is 11.3 Å². The summed E-state index contributed by atoms with van der Waals surface area (Å²) in [5.74, 6) is 0.435. The molecule has 0 amide bonds. The van der Waals surface area contributed by atoms with Crippen molar-refractivity contribution in [3.05, 3.63) is 16.6 Å². The van der Waals surface area contributed by atoms with Crippen LogP contribution in [-0.2, 0) is 4.74 Å². The summed E-state index contributed by atoms with van der Waals surface area (Å²) in [6, 6.07) is 0. The molecule has 0 fully saturated rings. The standard InChI is InChI=1S/C7H11NOS/c1-6(5-9-2)7-8-3-4-10-7/h3-4,6H,5H2,1-2H3. The predicted octanol–water partition coefficient (Wildman–Crippen LogP) is 1.89. The highest BCUT2D eigenvalue weighted by molar-refractivity contribution is 7.09. The van der Waals surface area contributed by atoms with E-state index in [1.165, 1.54) is 0 Å². The molecule has 0 aliphatic heterocycles. The minimum Gasteiger partial charge on any atom is -0.384 e. The van der Waals surface area contributed by atoms with Crippen LogP contribution in [0.5, 0.6) is 0 Å². The van der Waals surface area contributed by atoms with Gasteiger partial charge in [0.15, 0.2) is 0 Å². The zero-order valence-corrected chi connectivity index (χ0v) is 7.02. The van der Waals surface area contributed by atoms with Gasteiger partial charge >= 0.3 is 0 Å². The Bertz CT molecular complexity index is 174. The average Bonchev–Trinajstić information content (AvgIpc) is 2.38. The lowest BCUT2D eigenvalue weighted by molar-refractivity contribution is 0.184. The van der Waals surface area contributed by atoms with E-state index in [1.54, 1.807) is 18.4 Å². The molecule has 56 valence electrons. The number of hydrogen-bond acceptors (Lipinski definition) is 3. The average molecular weight is 157 g/mol. The van der Waals surface area contributed by atoms with Gasteiger partial charge in [0.05, 0.1) is 11.6 Å². The zero-order chi connectivity index (χ0) is 7.40. The Morgan fingerprint density at radius 3 is 3.10 bits per heavy atom. The van der Waals surface area contributed by atoms with Crippen LogP contribution in [0, 0.1) is 0 Å². The largest absolute Gasteiger partial charge is 0.384 e. The van der Waals surface area contributed by atoms with E-state index in [0.29, 0.717) is 5.92 Å². The van der Waals surface area contributed by atoms with Crippen molar-refractivity contribution in [2.45, 2.75) is 12.8 Å². The third-order valence-electron chi connectivity index (χ3n) is 1.29. The third-order valence-corrected chi connectivity index (χ3v) is 2.30. The van der Waals surface area contributed by atoms with Crippen LogP contribution < -0.4 is 0 Å². The lowest BCUT2D eigenvalue weighted by Gasteiger charge is -2.04. The number of ether oxygens (including phenoxy) is 1. The van der Waals surface area contributed by atoms with Crippen LogP contribution in [0.2, 0.25) is 0 Å². The minimum absolute atomic E-state index is 0.435. The van der Waals surface area contributed by atoms with Crippen molar-refractivity contribution in [3.63, 3.8) is 0 Å². The molecule has 3 heteroatoms. The highest BCUT2D eigenvalue weighted by Crippen LogP contribution is 2.16. The van der Waals surface area contributed by atoms with E-state index in [1.807, 2.05) is 11.6 Å². The second-order valence-corrected chi connectivity index (χ2v) is 3.15. The van der Waals surface area contributed by atoms with Crippen LogP contribution in [-0.4, -0.2) is 18.7 Å². The topological polar surface area (TPSA) is 22.1 Å². The van der Waals surface area contributed by atoms with E-state index in [4.69, 9.17) is 4.74 Å². The molecule has 0 aliphatic carbocycles. The summed E-state index contributed by atoms with van der Waals surface area (Å²) in [6.45, 7) is 2.87. The maximum atomic E-state index is 4.99. The molecule has 2 nitrogen and oxygen atoms in total. The van der Waals surface area contributed by atoms with Crippen molar-refractivity contribution in [1.82, 2.24) is 4.98 Å². The van der Waals surface area contributed by atoms with E-state index in [2.05, 4.69) is 11.9 Å². The SMILES string of the molecule is COCC(C)c1nccs1. The molecule has 10 heavy (non-hydrogen) atoms. The van der Waals surface area contributed by atoms with Gasteiger partial charge in [-0.05, 0) is 0 Å². The van der Waals surface area contributed by atoms with Gasteiger partial charge in [-0.1, -0.05) is 6.92 Å². The van der Waals surface area contributed by atoms with Gasteiger partial charge in [-0.3, -0.25) is 0 Å². The fourth-order valence-corrected chi connectivity index (χ4v) is 1.48. The first kappa shape index (κ1) is 7.69.